The van der Waals surface area contributed by atoms with Crippen molar-refractivity contribution >= 4 is 5.91 Å². The summed E-state index contributed by atoms with van der Waals surface area (Å²) in [5.41, 5.74) is 0. The summed E-state index contributed by atoms with van der Waals surface area (Å²) < 4.78 is 5.03. The Labute approximate surface area is 137 Å². The fraction of sp³-hybridized carbons (Fsp3) is 0.812. The van der Waals surface area contributed by atoms with Crippen molar-refractivity contribution in [2.24, 2.45) is 0 Å². The Balaban J connectivity index is 1.47. The van der Waals surface area contributed by atoms with E-state index in [0.717, 1.165) is 51.5 Å². The highest BCUT2D eigenvalue weighted by atomic mass is 16.5. The summed E-state index contributed by atoms with van der Waals surface area (Å²) in [6.45, 7) is 9.86. The van der Waals surface area contributed by atoms with Gasteiger partial charge in [-0.2, -0.15) is 4.98 Å². The third-order valence-electron chi connectivity index (χ3n) is 4.62. The van der Waals surface area contributed by atoms with Crippen LogP contribution in [0.25, 0.3) is 0 Å². The second-order valence-corrected chi connectivity index (χ2v) is 6.55. The van der Waals surface area contributed by atoms with Gasteiger partial charge in [0.1, 0.15) is 0 Å². The Morgan fingerprint density at radius 3 is 2.65 bits per heavy atom. The van der Waals surface area contributed by atoms with Crippen LogP contribution in [-0.2, 0) is 11.3 Å². The molecule has 1 saturated heterocycles. The van der Waals surface area contributed by atoms with E-state index in [2.05, 4.69) is 26.9 Å². The molecule has 0 bridgehead atoms. The second-order valence-electron chi connectivity index (χ2n) is 6.55. The molecular formula is C16H27N5O2. The maximum absolute atomic E-state index is 12.4. The van der Waals surface area contributed by atoms with E-state index in [4.69, 9.17) is 4.52 Å². The molecule has 0 unspecified atom stereocenters. The quantitative estimate of drug-likeness (QED) is 0.775. The van der Waals surface area contributed by atoms with Crippen molar-refractivity contribution in [1.29, 1.82) is 0 Å². The molecule has 2 aliphatic rings. The van der Waals surface area contributed by atoms with Crippen molar-refractivity contribution in [1.82, 2.24) is 24.8 Å². The van der Waals surface area contributed by atoms with Crippen LogP contribution in [0.5, 0.6) is 0 Å². The topological polar surface area (TPSA) is 65.7 Å². The Morgan fingerprint density at radius 2 is 2.00 bits per heavy atom. The summed E-state index contributed by atoms with van der Waals surface area (Å²) in [5.74, 6) is 1.65. The number of carbonyl (C=O) groups excluding carboxylic acids is 1. The van der Waals surface area contributed by atoms with Gasteiger partial charge < -0.3 is 9.42 Å². The Morgan fingerprint density at radius 1 is 1.26 bits per heavy atom. The number of rotatable bonds is 6. The first-order chi connectivity index (χ1) is 11.2. The molecule has 1 aliphatic carbocycles. The lowest BCUT2D eigenvalue weighted by molar-refractivity contribution is -0.132. The van der Waals surface area contributed by atoms with Gasteiger partial charge in [0.2, 0.25) is 11.8 Å². The lowest BCUT2D eigenvalue weighted by Gasteiger charge is -2.25. The number of hydrogen-bond donors (Lipinski definition) is 0. The van der Waals surface area contributed by atoms with Gasteiger partial charge in [-0.15, -0.1) is 0 Å². The highest BCUT2D eigenvalue weighted by molar-refractivity contribution is 5.78. The summed E-state index contributed by atoms with van der Waals surface area (Å²) in [7, 11) is 0. The number of carbonyl (C=O) groups is 1. The molecule has 1 aromatic heterocycles. The SMILES string of the molecule is CCN(C(=O)CN1CCCN(Cc2noc(C)n2)CC1)C1CC1. The zero-order valence-electron chi connectivity index (χ0n) is 14.2. The summed E-state index contributed by atoms with van der Waals surface area (Å²) in [4.78, 5) is 23.4. The van der Waals surface area contributed by atoms with E-state index in [1.165, 1.54) is 12.8 Å². The number of amides is 1. The number of nitrogens with zero attached hydrogens (tertiary/aromatic N) is 5. The second kappa shape index (κ2) is 7.40. The molecule has 7 heteroatoms. The van der Waals surface area contributed by atoms with Crippen LogP contribution < -0.4 is 0 Å². The molecule has 0 aromatic carbocycles. The summed E-state index contributed by atoms with van der Waals surface area (Å²) in [6.07, 6.45) is 3.43. The van der Waals surface area contributed by atoms with E-state index in [1.54, 1.807) is 0 Å². The molecule has 2 heterocycles. The normalized spacial score (nSPS) is 20.4. The zero-order chi connectivity index (χ0) is 16.2. The molecule has 1 aromatic rings. The summed E-state index contributed by atoms with van der Waals surface area (Å²) in [5, 5.41) is 3.97. The smallest absolute Gasteiger partial charge is 0.236 e. The van der Waals surface area contributed by atoms with Crippen molar-refractivity contribution in [3.8, 4) is 0 Å². The van der Waals surface area contributed by atoms with Gasteiger partial charge in [-0.3, -0.25) is 14.6 Å². The average Bonchev–Trinajstić information content (AvgIpc) is 3.29. The minimum atomic E-state index is 0.289. The van der Waals surface area contributed by atoms with Gasteiger partial charge in [-0.25, -0.2) is 0 Å². The maximum atomic E-state index is 12.4. The molecule has 7 nitrogen and oxygen atoms in total. The van der Waals surface area contributed by atoms with Gasteiger partial charge in [0, 0.05) is 32.6 Å². The highest BCUT2D eigenvalue weighted by Crippen LogP contribution is 2.26. The van der Waals surface area contributed by atoms with Gasteiger partial charge in [-0.05, 0) is 39.3 Å². The predicted octanol–water partition coefficient (Wildman–Crippen LogP) is 0.897. The Hall–Kier alpha value is -1.47. The van der Waals surface area contributed by atoms with Gasteiger partial charge in [0.15, 0.2) is 5.82 Å². The molecular weight excluding hydrogens is 294 g/mol. The maximum Gasteiger partial charge on any atom is 0.236 e. The molecule has 1 aliphatic heterocycles. The third kappa shape index (κ3) is 4.51. The van der Waals surface area contributed by atoms with Crippen molar-refractivity contribution in [2.75, 3.05) is 39.3 Å². The van der Waals surface area contributed by atoms with E-state index in [9.17, 15) is 4.79 Å². The first-order valence-electron chi connectivity index (χ1n) is 8.69. The fourth-order valence-electron chi connectivity index (χ4n) is 3.25. The number of aryl methyl sites for hydroxylation is 1. The van der Waals surface area contributed by atoms with Gasteiger partial charge in [0.05, 0.1) is 13.1 Å². The number of likely N-dealkylation sites (N-methyl/N-ethyl adjacent to an activating group) is 1. The van der Waals surface area contributed by atoms with Crippen LogP contribution in [-0.4, -0.2) is 76.1 Å². The van der Waals surface area contributed by atoms with Crippen LogP contribution in [0.1, 0.15) is 37.9 Å². The lowest BCUT2D eigenvalue weighted by Crippen LogP contribution is -2.42. The minimum Gasteiger partial charge on any atom is -0.340 e. The largest absolute Gasteiger partial charge is 0.340 e. The molecule has 128 valence electrons. The van der Waals surface area contributed by atoms with Crippen molar-refractivity contribution in [3.05, 3.63) is 11.7 Å². The first-order valence-corrected chi connectivity index (χ1v) is 8.69. The van der Waals surface area contributed by atoms with Crippen molar-refractivity contribution < 1.29 is 9.32 Å². The van der Waals surface area contributed by atoms with Crippen molar-refractivity contribution in [2.45, 2.75) is 45.7 Å². The van der Waals surface area contributed by atoms with E-state index in [-0.39, 0.29) is 5.91 Å². The lowest BCUT2D eigenvalue weighted by atomic mass is 10.3. The molecule has 23 heavy (non-hydrogen) atoms. The van der Waals surface area contributed by atoms with Crippen LogP contribution in [0.15, 0.2) is 4.52 Å². The predicted molar refractivity (Wildman–Crippen MR) is 85.8 cm³/mol. The van der Waals surface area contributed by atoms with Gasteiger partial charge in [-0.1, -0.05) is 5.16 Å². The van der Waals surface area contributed by atoms with E-state index < -0.39 is 0 Å². The summed E-state index contributed by atoms with van der Waals surface area (Å²) in [6, 6.07) is 0.512. The van der Waals surface area contributed by atoms with Crippen LogP contribution in [0.4, 0.5) is 0 Å². The highest BCUT2D eigenvalue weighted by Gasteiger charge is 2.32. The molecule has 2 fully saturated rings. The third-order valence-corrected chi connectivity index (χ3v) is 4.62. The Kier molecular flexibility index (Phi) is 5.27. The zero-order valence-corrected chi connectivity index (χ0v) is 14.2. The van der Waals surface area contributed by atoms with Crippen LogP contribution in [0, 0.1) is 6.92 Å². The number of hydrogen-bond acceptors (Lipinski definition) is 6. The molecule has 0 atom stereocenters. The molecule has 1 amide bonds. The van der Waals surface area contributed by atoms with E-state index in [1.807, 2.05) is 11.8 Å². The van der Waals surface area contributed by atoms with E-state index >= 15 is 0 Å². The molecule has 0 spiro atoms. The first kappa shape index (κ1) is 16.4. The van der Waals surface area contributed by atoms with Gasteiger partial charge in [0.25, 0.3) is 0 Å². The molecule has 0 N–H and O–H groups in total. The van der Waals surface area contributed by atoms with Crippen LogP contribution >= 0.6 is 0 Å². The van der Waals surface area contributed by atoms with E-state index in [0.29, 0.717) is 18.5 Å². The van der Waals surface area contributed by atoms with Crippen LogP contribution in [0.3, 0.4) is 0 Å². The molecule has 3 rings (SSSR count). The number of aromatic nitrogens is 2. The standard InChI is InChI=1S/C16H27N5O2/c1-3-21(14-5-6-14)16(22)12-20-8-4-7-19(9-10-20)11-15-17-13(2)23-18-15/h14H,3-12H2,1-2H3. The monoisotopic (exact) mass is 321 g/mol. The minimum absolute atomic E-state index is 0.289. The average molecular weight is 321 g/mol. The Bertz CT molecular complexity index is 528. The fourth-order valence-corrected chi connectivity index (χ4v) is 3.25. The van der Waals surface area contributed by atoms with Crippen molar-refractivity contribution in [3.63, 3.8) is 0 Å². The molecule has 1 saturated carbocycles. The van der Waals surface area contributed by atoms with Crippen LogP contribution in [0.2, 0.25) is 0 Å². The summed E-state index contributed by atoms with van der Waals surface area (Å²) >= 11 is 0. The van der Waals surface area contributed by atoms with Gasteiger partial charge >= 0.3 is 0 Å². The molecule has 0 radical (unpaired) electrons.